The predicted molar refractivity (Wildman–Crippen MR) is 110 cm³/mol. The van der Waals surface area contributed by atoms with Crippen molar-refractivity contribution in [2.24, 2.45) is 0 Å². The van der Waals surface area contributed by atoms with Gasteiger partial charge in [-0.25, -0.2) is 9.97 Å². The first-order chi connectivity index (χ1) is 13.6. The first kappa shape index (κ1) is 19.5. The molecule has 0 aliphatic carbocycles. The van der Waals surface area contributed by atoms with E-state index in [-0.39, 0.29) is 5.91 Å². The Bertz CT molecular complexity index is 879. The third-order valence-corrected chi connectivity index (χ3v) is 4.29. The van der Waals surface area contributed by atoms with Crippen molar-refractivity contribution in [3.63, 3.8) is 0 Å². The molecule has 0 saturated carbocycles. The quantitative estimate of drug-likeness (QED) is 0.633. The Balaban J connectivity index is 1.68. The first-order valence-electron chi connectivity index (χ1n) is 9.40. The number of carbonyl (C=O) groups excluding carboxylic acids is 1. The van der Waals surface area contributed by atoms with Crippen molar-refractivity contribution >= 4 is 11.9 Å². The Kier molecular flexibility index (Phi) is 6.68. The van der Waals surface area contributed by atoms with Gasteiger partial charge in [0.15, 0.2) is 0 Å². The number of hydrogen-bond donors (Lipinski definition) is 2. The minimum atomic E-state index is -0.465. The van der Waals surface area contributed by atoms with Crippen LogP contribution in [0.2, 0.25) is 0 Å². The van der Waals surface area contributed by atoms with Crippen LogP contribution in [0.1, 0.15) is 22.6 Å². The largest absolute Gasteiger partial charge is 0.354 e. The molecule has 0 saturated heterocycles. The lowest BCUT2D eigenvalue weighted by Crippen LogP contribution is -2.42. The molecule has 0 radical (unpaired) electrons. The van der Waals surface area contributed by atoms with Gasteiger partial charge in [-0.1, -0.05) is 36.4 Å². The van der Waals surface area contributed by atoms with Gasteiger partial charge >= 0.3 is 0 Å². The Labute approximate surface area is 165 Å². The third-order valence-electron chi connectivity index (χ3n) is 4.29. The monoisotopic (exact) mass is 375 g/mol. The number of hydrogen-bond acceptors (Lipinski definition) is 5. The summed E-state index contributed by atoms with van der Waals surface area (Å²) < 4.78 is 0. The highest BCUT2D eigenvalue weighted by Gasteiger charge is 2.20. The van der Waals surface area contributed by atoms with E-state index in [2.05, 4.69) is 25.6 Å². The second kappa shape index (κ2) is 9.60. The molecule has 2 aromatic heterocycles. The molecule has 6 heteroatoms. The second-order valence-corrected chi connectivity index (χ2v) is 6.72. The molecule has 1 unspecified atom stereocenters. The third kappa shape index (κ3) is 5.87. The second-order valence-electron chi connectivity index (χ2n) is 6.72. The number of amides is 1. The van der Waals surface area contributed by atoms with E-state index in [0.717, 1.165) is 22.6 Å². The van der Waals surface area contributed by atoms with E-state index >= 15 is 0 Å². The van der Waals surface area contributed by atoms with Crippen LogP contribution in [-0.4, -0.2) is 33.4 Å². The molecule has 144 valence electrons. The van der Waals surface area contributed by atoms with Crippen LogP contribution in [0.5, 0.6) is 0 Å². The summed E-state index contributed by atoms with van der Waals surface area (Å²) in [7, 11) is 0. The van der Waals surface area contributed by atoms with Gasteiger partial charge in [0.2, 0.25) is 11.9 Å². The fourth-order valence-corrected chi connectivity index (χ4v) is 2.99. The highest BCUT2D eigenvalue weighted by molar-refractivity contribution is 5.84. The number of anilines is 1. The van der Waals surface area contributed by atoms with E-state index in [9.17, 15) is 4.79 Å². The van der Waals surface area contributed by atoms with Gasteiger partial charge in [0.25, 0.3) is 0 Å². The lowest BCUT2D eigenvalue weighted by Gasteiger charge is -2.19. The number of nitrogens with one attached hydrogen (secondary N) is 2. The number of carbonyl (C=O) groups is 1. The Morgan fingerprint density at radius 3 is 2.39 bits per heavy atom. The van der Waals surface area contributed by atoms with Gasteiger partial charge in [0.1, 0.15) is 6.04 Å². The summed E-state index contributed by atoms with van der Waals surface area (Å²) in [4.78, 5) is 26.0. The maximum Gasteiger partial charge on any atom is 0.242 e. The number of benzene rings is 1. The maximum atomic E-state index is 12.9. The molecule has 2 N–H and O–H groups in total. The van der Waals surface area contributed by atoms with E-state index in [1.165, 1.54) is 0 Å². The number of rotatable bonds is 8. The molecule has 0 spiro atoms. The van der Waals surface area contributed by atoms with E-state index in [4.69, 9.17) is 0 Å². The lowest BCUT2D eigenvalue weighted by atomic mass is 10.1. The minimum absolute atomic E-state index is 0.0810. The van der Waals surface area contributed by atoms with Gasteiger partial charge < -0.3 is 10.6 Å². The van der Waals surface area contributed by atoms with Gasteiger partial charge in [-0.3, -0.25) is 9.78 Å². The summed E-state index contributed by atoms with van der Waals surface area (Å²) in [5.41, 5.74) is 3.75. The van der Waals surface area contributed by atoms with E-state index in [1.54, 1.807) is 6.20 Å². The topological polar surface area (TPSA) is 79.8 Å². The Hall–Kier alpha value is -3.28. The average Bonchev–Trinajstić information content (AvgIpc) is 2.68. The number of aromatic nitrogens is 3. The van der Waals surface area contributed by atoms with Crippen LogP contribution < -0.4 is 10.6 Å². The summed E-state index contributed by atoms with van der Waals surface area (Å²) in [6.45, 7) is 4.36. The molecule has 1 amide bonds. The SMILES string of the molecule is Cc1cc(C)nc(NC(Cc2ccccc2)C(=O)NCCc2ccccn2)n1. The van der Waals surface area contributed by atoms with Crippen LogP contribution in [0.4, 0.5) is 5.95 Å². The van der Waals surface area contributed by atoms with Crippen LogP contribution in [0, 0.1) is 13.8 Å². The summed E-state index contributed by atoms with van der Waals surface area (Å²) >= 11 is 0. The van der Waals surface area contributed by atoms with Gasteiger partial charge in [0, 0.05) is 42.7 Å². The van der Waals surface area contributed by atoms with Crippen molar-refractivity contribution < 1.29 is 4.79 Å². The number of aryl methyl sites for hydroxylation is 2. The lowest BCUT2D eigenvalue weighted by molar-refractivity contribution is -0.121. The normalized spacial score (nSPS) is 11.6. The highest BCUT2D eigenvalue weighted by Crippen LogP contribution is 2.10. The zero-order chi connectivity index (χ0) is 19.8. The zero-order valence-corrected chi connectivity index (χ0v) is 16.2. The molecule has 0 aliphatic heterocycles. The predicted octanol–water partition coefficient (Wildman–Crippen LogP) is 2.87. The average molecular weight is 375 g/mol. The van der Waals surface area contributed by atoms with E-state index in [1.807, 2.05) is 68.4 Å². The molecule has 1 aromatic carbocycles. The summed E-state index contributed by atoms with van der Waals surface area (Å²) in [5.74, 6) is 0.390. The van der Waals surface area contributed by atoms with Crippen LogP contribution >= 0.6 is 0 Å². The van der Waals surface area contributed by atoms with Crippen molar-refractivity contribution in [3.05, 3.63) is 83.4 Å². The van der Waals surface area contributed by atoms with E-state index in [0.29, 0.717) is 25.3 Å². The molecule has 0 aliphatic rings. The smallest absolute Gasteiger partial charge is 0.242 e. The summed E-state index contributed by atoms with van der Waals surface area (Å²) in [6.07, 6.45) is 2.99. The number of nitrogens with zero attached hydrogens (tertiary/aromatic N) is 3. The first-order valence-corrected chi connectivity index (χ1v) is 9.40. The van der Waals surface area contributed by atoms with Crippen molar-refractivity contribution in [1.82, 2.24) is 20.3 Å². The van der Waals surface area contributed by atoms with Crippen molar-refractivity contribution in [3.8, 4) is 0 Å². The van der Waals surface area contributed by atoms with Gasteiger partial charge in [-0.15, -0.1) is 0 Å². The fraction of sp³-hybridized carbons (Fsp3) is 0.273. The van der Waals surface area contributed by atoms with Crippen LogP contribution in [-0.2, 0) is 17.6 Å². The highest BCUT2D eigenvalue weighted by atomic mass is 16.2. The molecule has 0 fully saturated rings. The van der Waals surface area contributed by atoms with Crippen LogP contribution in [0.15, 0.2) is 60.8 Å². The zero-order valence-electron chi connectivity index (χ0n) is 16.2. The summed E-state index contributed by atoms with van der Waals surface area (Å²) in [6, 6.07) is 17.2. The Morgan fingerprint density at radius 1 is 1.00 bits per heavy atom. The van der Waals surface area contributed by atoms with Crippen LogP contribution in [0.3, 0.4) is 0 Å². The van der Waals surface area contributed by atoms with Gasteiger partial charge in [-0.2, -0.15) is 0 Å². The van der Waals surface area contributed by atoms with Crippen molar-refractivity contribution in [1.29, 1.82) is 0 Å². The standard InChI is InChI=1S/C22H25N5O/c1-16-14-17(2)26-22(25-16)27-20(15-18-8-4-3-5-9-18)21(28)24-13-11-19-10-6-7-12-23-19/h3-10,12,14,20H,11,13,15H2,1-2H3,(H,24,28)(H,25,26,27). The summed E-state index contributed by atoms with van der Waals surface area (Å²) in [5, 5.41) is 6.21. The molecule has 6 nitrogen and oxygen atoms in total. The molecule has 1 atom stereocenters. The molecular weight excluding hydrogens is 350 g/mol. The molecule has 3 rings (SSSR count). The van der Waals surface area contributed by atoms with Crippen LogP contribution in [0.25, 0.3) is 0 Å². The van der Waals surface area contributed by atoms with Crippen molar-refractivity contribution in [2.45, 2.75) is 32.7 Å². The van der Waals surface area contributed by atoms with E-state index < -0.39 is 6.04 Å². The van der Waals surface area contributed by atoms with Gasteiger partial charge in [0.05, 0.1) is 0 Å². The van der Waals surface area contributed by atoms with Crippen molar-refractivity contribution in [2.75, 3.05) is 11.9 Å². The minimum Gasteiger partial charge on any atom is -0.354 e. The number of pyridine rings is 1. The molecule has 0 bridgehead atoms. The molecule has 3 aromatic rings. The maximum absolute atomic E-state index is 12.9. The molecular formula is C22H25N5O. The molecule has 28 heavy (non-hydrogen) atoms. The fourth-order valence-electron chi connectivity index (χ4n) is 2.99. The molecule has 2 heterocycles. The Morgan fingerprint density at radius 2 is 1.71 bits per heavy atom. The van der Waals surface area contributed by atoms with Gasteiger partial charge in [-0.05, 0) is 37.6 Å².